The summed E-state index contributed by atoms with van der Waals surface area (Å²) in [5, 5.41) is 9.13. The van der Waals surface area contributed by atoms with E-state index < -0.39 is 17.9 Å². The van der Waals surface area contributed by atoms with Gasteiger partial charge in [-0.1, -0.05) is 30.3 Å². The Morgan fingerprint density at radius 1 is 1.15 bits per heavy atom. The van der Waals surface area contributed by atoms with Gasteiger partial charge in [0.15, 0.2) is 5.78 Å². The van der Waals surface area contributed by atoms with Gasteiger partial charge < -0.3 is 10.0 Å². The normalized spacial score (nSPS) is 18.6. The molecule has 1 saturated heterocycles. The number of carboxylic acids is 1. The Hall–Kier alpha value is -2.17. The van der Waals surface area contributed by atoms with E-state index in [4.69, 9.17) is 5.11 Å². The molecular formula is C15H17NO4. The lowest BCUT2D eigenvalue weighted by molar-refractivity contribution is -0.151. The molecule has 1 aliphatic heterocycles. The van der Waals surface area contributed by atoms with Crippen molar-refractivity contribution in [2.75, 3.05) is 6.54 Å². The molecule has 0 aliphatic carbocycles. The molecule has 1 N–H and O–H groups in total. The third-order valence-corrected chi connectivity index (χ3v) is 3.52. The first-order chi connectivity index (χ1) is 9.59. The maximum atomic E-state index is 12.1. The molecule has 106 valence electrons. The van der Waals surface area contributed by atoms with Crippen LogP contribution in [0.1, 0.15) is 36.0 Å². The molecule has 1 aromatic rings. The van der Waals surface area contributed by atoms with Crippen molar-refractivity contribution in [2.24, 2.45) is 0 Å². The molecule has 0 bridgehead atoms. The number of nitrogens with zero attached hydrogens (tertiary/aromatic N) is 1. The highest BCUT2D eigenvalue weighted by Crippen LogP contribution is 2.19. The quantitative estimate of drug-likeness (QED) is 0.670. The summed E-state index contributed by atoms with van der Waals surface area (Å²) in [4.78, 5) is 36.6. The van der Waals surface area contributed by atoms with Crippen molar-refractivity contribution in [3.05, 3.63) is 35.9 Å². The highest BCUT2D eigenvalue weighted by atomic mass is 16.4. The molecule has 1 atom stereocenters. The van der Waals surface area contributed by atoms with E-state index in [1.807, 2.05) is 0 Å². The van der Waals surface area contributed by atoms with Gasteiger partial charge in [-0.3, -0.25) is 9.59 Å². The average Bonchev–Trinajstić information content (AvgIpc) is 2.48. The minimum atomic E-state index is -0.995. The van der Waals surface area contributed by atoms with E-state index in [1.165, 1.54) is 4.90 Å². The second-order valence-electron chi connectivity index (χ2n) is 4.90. The largest absolute Gasteiger partial charge is 0.480 e. The molecule has 0 spiro atoms. The van der Waals surface area contributed by atoms with Crippen LogP contribution in [0.5, 0.6) is 0 Å². The summed E-state index contributed by atoms with van der Waals surface area (Å²) in [5.74, 6) is -1.67. The molecule has 1 fully saturated rings. The van der Waals surface area contributed by atoms with Gasteiger partial charge in [-0.15, -0.1) is 0 Å². The van der Waals surface area contributed by atoms with Gasteiger partial charge in [0.1, 0.15) is 6.04 Å². The van der Waals surface area contributed by atoms with Crippen molar-refractivity contribution in [3.8, 4) is 0 Å². The number of Topliss-reactive ketones (excluding diaryl/α,β-unsaturated/α-hetero) is 1. The van der Waals surface area contributed by atoms with Crippen molar-refractivity contribution >= 4 is 17.7 Å². The molecule has 1 aliphatic rings. The van der Waals surface area contributed by atoms with Crippen molar-refractivity contribution in [1.29, 1.82) is 0 Å². The fourth-order valence-corrected chi connectivity index (χ4v) is 2.45. The number of hydrogen-bond acceptors (Lipinski definition) is 3. The fourth-order valence-electron chi connectivity index (χ4n) is 2.45. The van der Waals surface area contributed by atoms with Crippen LogP contribution in [-0.2, 0) is 9.59 Å². The van der Waals surface area contributed by atoms with Crippen molar-refractivity contribution < 1.29 is 19.5 Å². The van der Waals surface area contributed by atoms with E-state index in [1.54, 1.807) is 30.3 Å². The molecule has 20 heavy (non-hydrogen) atoms. The van der Waals surface area contributed by atoms with E-state index in [9.17, 15) is 14.4 Å². The zero-order valence-corrected chi connectivity index (χ0v) is 11.1. The Morgan fingerprint density at radius 2 is 1.85 bits per heavy atom. The van der Waals surface area contributed by atoms with Crippen LogP contribution in [0.25, 0.3) is 0 Å². The zero-order valence-electron chi connectivity index (χ0n) is 11.1. The summed E-state index contributed by atoms with van der Waals surface area (Å²) < 4.78 is 0. The average molecular weight is 275 g/mol. The van der Waals surface area contributed by atoms with E-state index in [2.05, 4.69) is 0 Å². The Labute approximate surface area is 117 Å². The summed E-state index contributed by atoms with van der Waals surface area (Å²) in [6.07, 6.45) is 1.77. The third-order valence-electron chi connectivity index (χ3n) is 3.52. The summed E-state index contributed by atoms with van der Waals surface area (Å²) in [6, 6.07) is 7.78. The third kappa shape index (κ3) is 3.23. The first-order valence-corrected chi connectivity index (χ1v) is 6.70. The maximum Gasteiger partial charge on any atom is 0.326 e. The van der Waals surface area contributed by atoms with Crippen molar-refractivity contribution in [1.82, 2.24) is 4.90 Å². The number of likely N-dealkylation sites (tertiary alicyclic amines) is 1. The second-order valence-corrected chi connectivity index (χ2v) is 4.90. The highest BCUT2D eigenvalue weighted by molar-refractivity contribution is 6.07. The second kappa shape index (κ2) is 6.32. The van der Waals surface area contributed by atoms with Gasteiger partial charge in [0, 0.05) is 12.1 Å². The number of rotatable bonds is 4. The number of piperidine rings is 1. The summed E-state index contributed by atoms with van der Waals surface area (Å²) >= 11 is 0. The van der Waals surface area contributed by atoms with Crippen LogP contribution < -0.4 is 0 Å². The molecule has 1 aromatic carbocycles. The number of ketones is 1. The number of aliphatic carboxylic acids is 1. The van der Waals surface area contributed by atoms with Crippen LogP contribution in [0.2, 0.25) is 0 Å². The van der Waals surface area contributed by atoms with Crippen LogP contribution in [0.4, 0.5) is 0 Å². The Kier molecular flexibility index (Phi) is 4.50. The Morgan fingerprint density at radius 3 is 2.50 bits per heavy atom. The van der Waals surface area contributed by atoms with Gasteiger partial charge in [-0.05, 0) is 19.3 Å². The lowest BCUT2D eigenvalue weighted by Gasteiger charge is -2.32. The molecule has 0 radical (unpaired) electrons. The first kappa shape index (κ1) is 14.2. The van der Waals surface area contributed by atoms with E-state index >= 15 is 0 Å². The van der Waals surface area contributed by atoms with Gasteiger partial charge in [-0.25, -0.2) is 4.79 Å². The number of carbonyl (C=O) groups is 3. The minimum absolute atomic E-state index is 0.270. The number of carboxylic acid groups (broad SMARTS) is 1. The summed E-state index contributed by atoms with van der Waals surface area (Å²) in [6.45, 7) is 0.415. The van der Waals surface area contributed by atoms with Gasteiger partial charge in [0.2, 0.25) is 5.91 Å². The molecule has 0 saturated carbocycles. The molecular weight excluding hydrogens is 258 g/mol. The maximum absolute atomic E-state index is 12.1. The van der Waals surface area contributed by atoms with Crippen LogP contribution in [0.15, 0.2) is 30.3 Å². The van der Waals surface area contributed by atoms with Crippen molar-refractivity contribution in [3.63, 3.8) is 0 Å². The molecule has 0 aromatic heterocycles. The van der Waals surface area contributed by atoms with Crippen LogP contribution in [0, 0.1) is 0 Å². The number of benzene rings is 1. The topological polar surface area (TPSA) is 74.7 Å². The smallest absolute Gasteiger partial charge is 0.326 e. The van der Waals surface area contributed by atoms with Crippen LogP contribution in [-0.4, -0.2) is 40.3 Å². The van der Waals surface area contributed by atoms with Gasteiger partial charge in [0.05, 0.1) is 6.42 Å². The summed E-state index contributed by atoms with van der Waals surface area (Å²) in [7, 11) is 0. The van der Waals surface area contributed by atoms with Crippen molar-refractivity contribution in [2.45, 2.75) is 31.7 Å². The number of carbonyl (C=O) groups excluding carboxylic acids is 2. The summed E-state index contributed by atoms with van der Waals surface area (Å²) in [5.41, 5.74) is 0.477. The number of hydrogen-bond donors (Lipinski definition) is 1. The highest BCUT2D eigenvalue weighted by Gasteiger charge is 2.32. The molecule has 1 amide bonds. The SMILES string of the molecule is O=C(CC(=O)N1CCCCC1C(=O)O)c1ccccc1. The molecule has 1 heterocycles. The lowest BCUT2D eigenvalue weighted by Crippen LogP contribution is -2.48. The standard InChI is InChI=1S/C15H17NO4/c17-13(11-6-2-1-3-7-11)10-14(18)16-9-5-4-8-12(16)15(19)20/h1-3,6-7,12H,4-5,8-10H2,(H,19,20). The van der Waals surface area contributed by atoms with E-state index in [0.717, 1.165) is 12.8 Å². The minimum Gasteiger partial charge on any atom is -0.480 e. The monoisotopic (exact) mass is 275 g/mol. The van der Waals surface area contributed by atoms with E-state index in [0.29, 0.717) is 18.5 Å². The molecule has 1 unspecified atom stereocenters. The Bertz CT molecular complexity index is 512. The van der Waals surface area contributed by atoms with Gasteiger partial charge in [0.25, 0.3) is 0 Å². The fraction of sp³-hybridized carbons (Fsp3) is 0.400. The first-order valence-electron chi connectivity index (χ1n) is 6.70. The van der Waals surface area contributed by atoms with Gasteiger partial charge >= 0.3 is 5.97 Å². The molecule has 2 rings (SSSR count). The predicted octanol–water partition coefficient (Wildman–Crippen LogP) is 1.73. The molecule has 5 nitrogen and oxygen atoms in total. The predicted molar refractivity (Wildman–Crippen MR) is 72.4 cm³/mol. The molecule has 5 heteroatoms. The van der Waals surface area contributed by atoms with Crippen LogP contribution >= 0.6 is 0 Å². The van der Waals surface area contributed by atoms with E-state index in [-0.39, 0.29) is 12.2 Å². The van der Waals surface area contributed by atoms with Gasteiger partial charge in [-0.2, -0.15) is 0 Å². The number of amides is 1. The zero-order chi connectivity index (χ0) is 14.5. The van der Waals surface area contributed by atoms with Crippen LogP contribution in [0.3, 0.4) is 0 Å². The Balaban J connectivity index is 2.03. The lowest BCUT2D eigenvalue weighted by atomic mass is 10.0.